The average molecular weight is 437 g/mol. The summed E-state index contributed by atoms with van der Waals surface area (Å²) in [5.74, 6) is 1.46. The van der Waals surface area contributed by atoms with Gasteiger partial charge < -0.3 is 14.8 Å². The van der Waals surface area contributed by atoms with Crippen molar-refractivity contribution in [3.63, 3.8) is 0 Å². The van der Waals surface area contributed by atoms with Gasteiger partial charge in [0, 0.05) is 18.1 Å². The van der Waals surface area contributed by atoms with E-state index >= 15 is 0 Å². The molecule has 0 bridgehead atoms. The SMILES string of the molecule is CCCNc1snnc1COc1cc(Br)c(OC)cc1Br. The number of halogens is 2. The molecule has 0 saturated carbocycles. The summed E-state index contributed by atoms with van der Waals surface area (Å²) in [6.07, 6.45) is 1.05. The van der Waals surface area contributed by atoms with Gasteiger partial charge in [0.2, 0.25) is 0 Å². The molecule has 114 valence electrons. The van der Waals surface area contributed by atoms with Crippen LogP contribution in [-0.4, -0.2) is 23.2 Å². The summed E-state index contributed by atoms with van der Waals surface area (Å²) in [5.41, 5.74) is 0.812. The largest absolute Gasteiger partial charge is 0.496 e. The van der Waals surface area contributed by atoms with Gasteiger partial charge >= 0.3 is 0 Å². The normalized spacial score (nSPS) is 10.5. The van der Waals surface area contributed by atoms with Crippen molar-refractivity contribution in [1.82, 2.24) is 9.59 Å². The molecule has 0 saturated heterocycles. The number of nitrogens with one attached hydrogen (secondary N) is 1. The Balaban J connectivity index is 2.06. The van der Waals surface area contributed by atoms with E-state index in [4.69, 9.17) is 9.47 Å². The second-order valence-electron chi connectivity index (χ2n) is 4.18. The van der Waals surface area contributed by atoms with Gasteiger partial charge in [-0.25, -0.2) is 0 Å². The van der Waals surface area contributed by atoms with E-state index < -0.39 is 0 Å². The van der Waals surface area contributed by atoms with E-state index in [0.29, 0.717) is 6.61 Å². The quantitative estimate of drug-likeness (QED) is 0.693. The Morgan fingerprint density at radius 3 is 2.67 bits per heavy atom. The number of rotatable bonds is 7. The number of methoxy groups -OCH3 is 1. The topological polar surface area (TPSA) is 56.3 Å². The van der Waals surface area contributed by atoms with E-state index in [-0.39, 0.29) is 0 Å². The molecule has 1 aromatic heterocycles. The summed E-state index contributed by atoms with van der Waals surface area (Å²) < 4.78 is 16.7. The Hall–Kier alpha value is -0.860. The van der Waals surface area contributed by atoms with Crippen molar-refractivity contribution in [2.24, 2.45) is 0 Å². The van der Waals surface area contributed by atoms with Crippen molar-refractivity contribution in [3.05, 3.63) is 26.8 Å². The minimum absolute atomic E-state index is 0.361. The maximum absolute atomic E-state index is 5.81. The van der Waals surface area contributed by atoms with Crippen molar-refractivity contribution in [3.8, 4) is 11.5 Å². The molecule has 0 aliphatic heterocycles. The number of hydrogen-bond acceptors (Lipinski definition) is 6. The second-order valence-corrected chi connectivity index (χ2v) is 6.64. The smallest absolute Gasteiger partial charge is 0.136 e. The van der Waals surface area contributed by atoms with Crippen LogP contribution in [0.25, 0.3) is 0 Å². The molecule has 21 heavy (non-hydrogen) atoms. The molecule has 2 aromatic rings. The molecule has 1 aromatic carbocycles. The molecular weight excluding hydrogens is 422 g/mol. The van der Waals surface area contributed by atoms with E-state index in [1.165, 1.54) is 11.5 Å². The van der Waals surface area contributed by atoms with Gasteiger partial charge in [-0.05, 0) is 50.4 Å². The molecule has 1 heterocycles. The maximum Gasteiger partial charge on any atom is 0.136 e. The standard InChI is InChI=1S/C13H15Br2N3O2S/c1-3-4-16-13-10(17-18-21-13)7-20-12-6-8(14)11(19-2)5-9(12)15/h5-6,16H,3-4,7H2,1-2H3. The van der Waals surface area contributed by atoms with Crippen LogP contribution in [0.15, 0.2) is 21.1 Å². The molecule has 0 fully saturated rings. The highest BCUT2D eigenvalue weighted by molar-refractivity contribution is 9.11. The average Bonchev–Trinajstić information content (AvgIpc) is 2.93. The minimum atomic E-state index is 0.361. The third kappa shape index (κ3) is 4.31. The molecule has 2 rings (SSSR count). The van der Waals surface area contributed by atoms with Crippen molar-refractivity contribution in [2.45, 2.75) is 20.0 Å². The van der Waals surface area contributed by atoms with Gasteiger partial charge in [-0.15, -0.1) is 5.10 Å². The molecule has 0 aliphatic rings. The van der Waals surface area contributed by atoms with Gasteiger partial charge in [0.25, 0.3) is 0 Å². The molecule has 8 heteroatoms. The molecule has 0 spiro atoms. The molecule has 1 N–H and O–H groups in total. The lowest BCUT2D eigenvalue weighted by atomic mass is 10.3. The number of nitrogens with zero attached hydrogens (tertiary/aromatic N) is 2. The molecule has 0 radical (unpaired) electrons. The van der Waals surface area contributed by atoms with Gasteiger partial charge in [-0.1, -0.05) is 11.4 Å². The lowest BCUT2D eigenvalue weighted by Gasteiger charge is -2.11. The highest BCUT2D eigenvalue weighted by atomic mass is 79.9. The van der Waals surface area contributed by atoms with E-state index in [1.807, 2.05) is 12.1 Å². The first kappa shape index (κ1) is 16.5. The monoisotopic (exact) mass is 435 g/mol. The number of anilines is 1. The van der Waals surface area contributed by atoms with Crippen LogP contribution in [-0.2, 0) is 6.61 Å². The van der Waals surface area contributed by atoms with Crippen molar-refractivity contribution < 1.29 is 9.47 Å². The lowest BCUT2D eigenvalue weighted by Crippen LogP contribution is -2.04. The molecule has 0 atom stereocenters. The Morgan fingerprint density at radius 1 is 1.24 bits per heavy atom. The van der Waals surface area contributed by atoms with E-state index in [2.05, 4.69) is 53.7 Å². The van der Waals surface area contributed by atoms with Crippen LogP contribution in [0.3, 0.4) is 0 Å². The van der Waals surface area contributed by atoms with Gasteiger partial charge in [0.15, 0.2) is 0 Å². The van der Waals surface area contributed by atoms with Gasteiger partial charge in [0.1, 0.15) is 28.8 Å². The van der Waals surface area contributed by atoms with Gasteiger partial charge in [0.05, 0.1) is 16.1 Å². The Labute approximate surface area is 144 Å². The fourth-order valence-electron chi connectivity index (χ4n) is 1.60. The van der Waals surface area contributed by atoms with Crippen LogP contribution in [0.5, 0.6) is 11.5 Å². The third-order valence-corrected chi connectivity index (χ3v) is 4.63. The highest BCUT2D eigenvalue weighted by Crippen LogP contribution is 2.36. The van der Waals surface area contributed by atoms with Crippen LogP contribution in [0.1, 0.15) is 19.0 Å². The summed E-state index contributed by atoms with van der Waals surface area (Å²) in [5, 5.41) is 8.35. The van der Waals surface area contributed by atoms with Crippen LogP contribution in [0, 0.1) is 0 Å². The highest BCUT2D eigenvalue weighted by Gasteiger charge is 2.12. The van der Waals surface area contributed by atoms with Crippen molar-refractivity contribution in [1.29, 1.82) is 0 Å². The summed E-state index contributed by atoms with van der Waals surface area (Å²) in [7, 11) is 1.62. The number of benzene rings is 1. The number of ether oxygens (including phenoxy) is 2. The third-order valence-electron chi connectivity index (χ3n) is 2.66. The van der Waals surface area contributed by atoms with E-state index in [1.54, 1.807) is 7.11 Å². The fraction of sp³-hybridized carbons (Fsp3) is 0.385. The van der Waals surface area contributed by atoms with Crippen LogP contribution in [0.4, 0.5) is 5.00 Å². The Bertz CT molecular complexity index is 607. The summed E-state index contributed by atoms with van der Waals surface area (Å²) >= 11 is 8.26. The molecular formula is C13H15Br2N3O2S. The molecule has 0 unspecified atom stereocenters. The minimum Gasteiger partial charge on any atom is -0.496 e. The Morgan fingerprint density at radius 2 is 1.95 bits per heavy atom. The maximum atomic E-state index is 5.81. The lowest BCUT2D eigenvalue weighted by molar-refractivity contribution is 0.298. The van der Waals surface area contributed by atoms with Crippen molar-refractivity contribution >= 4 is 48.4 Å². The van der Waals surface area contributed by atoms with Crippen LogP contribution in [0.2, 0.25) is 0 Å². The first-order chi connectivity index (χ1) is 10.2. The van der Waals surface area contributed by atoms with Crippen LogP contribution >= 0.6 is 43.4 Å². The summed E-state index contributed by atoms with van der Waals surface area (Å²) in [6.45, 7) is 3.37. The van der Waals surface area contributed by atoms with Gasteiger partial charge in [-0.2, -0.15) is 0 Å². The zero-order chi connectivity index (χ0) is 15.2. The van der Waals surface area contributed by atoms with Crippen molar-refractivity contribution in [2.75, 3.05) is 19.0 Å². The van der Waals surface area contributed by atoms with E-state index in [0.717, 1.165) is 44.1 Å². The molecule has 5 nitrogen and oxygen atoms in total. The predicted octanol–water partition coefficient (Wildman–Crippen LogP) is 4.47. The van der Waals surface area contributed by atoms with Crippen LogP contribution < -0.4 is 14.8 Å². The van der Waals surface area contributed by atoms with Gasteiger partial charge in [-0.3, -0.25) is 0 Å². The first-order valence-electron chi connectivity index (χ1n) is 6.36. The Kier molecular flexibility index (Phi) is 6.25. The molecule has 0 amide bonds. The number of hydrogen-bond donors (Lipinski definition) is 1. The molecule has 0 aliphatic carbocycles. The first-order valence-corrected chi connectivity index (χ1v) is 8.72. The summed E-state index contributed by atoms with van der Waals surface area (Å²) in [4.78, 5) is 0. The zero-order valence-corrected chi connectivity index (χ0v) is 15.6. The number of aromatic nitrogens is 2. The zero-order valence-electron chi connectivity index (χ0n) is 11.7. The summed E-state index contributed by atoms with van der Waals surface area (Å²) in [6, 6.07) is 3.72. The fourth-order valence-corrected chi connectivity index (χ4v) is 3.11. The second kappa shape index (κ2) is 7.95. The predicted molar refractivity (Wildman–Crippen MR) is 91.4 cm³/mol. The van der Waals surface area contributed by atoms with E-state index in [9.17, 15) is 0 Å².